The highest BCUT2D eigenvalue weighted by Crippen LogP contribution is 2.28. The Morgan fingerprint density at radius 3 is 2.61 bits per heavy atom. The molecule has 1 heterocycles. The lowest BCUT2D eigenvalue weighted by Crippen LogP contribution is -2.31. The second kappa shape index (κ2) is 7.13. The van der Waals surface area contributed by atoms with E-state index in [-0.39, 0.29) is 11.6 Å². The van der Waals surface area contributed by atoms with Crippen LogP contribution in [0.1, 0.15) is 20.3 Å². The molecule has 7 nitrogen and oxygen atoms in total. The van der Waals surface area contributed by atoms with Gasteiger partial charge in [-0.1, -0.05) is 19.1 Å². The average Bonchev–Trinajstić information content (AvgIpc) is 2.86. The fourth-order valence-electron chi connectivity index (χ4n) is 1.97. The molecule has 0 saturated heterocycles. The lowest BCUT2D eigenvalue weighted by molar-refractivity contribution is 0.157. The molecular formula is C16H22N4O3. The summed E-state index contributed by atoms with van der Waals surface area (Å²) in [6.45, 7) is 4.83. The predicted molar refractivity (Wildman–Crippen MR) is 86.2 cm³/mol. The second-order valence-electron chi connectivity index (χ2n) is 5.89. The molecule has 0 unspecified atom stereocenters. The summed E-state index contributed by atoms with van der Waals surface area (Å²) >= 11 is 0. The van der Waals surface area contributed by atoms with Crippen LogP contribution in [0.25, 0.3) is 11.3 Å². The molecule has 2 aromatic rings. The first-order chi connectivity index (χ1) is 10.9. The van der Waals surface area contributed by atoms with Crippen molar-refractivity contribution >= 4 is 6.09 Å². The number of nitrogens with zero attached hydrogens (tertiary/aromatic N) is 4. The van der Waals surface area contributed by atoms with E-state index in [0.29, 0.717) is 23.7 Å². The normalized spacial score (nSPS) is 10.8. The smallest absolute Gasteiger partial charge is 0.416 e. The fraction of sp³-hybridized carbons (Fsp3) is 0.438. The number of ether oxygens (including phenoxy) is 1. The molecule has 0 aliphatic heterocycles. The molecule has 0 saturated carbocycles. The zero-order chi connectivity index (χ0) is 17.0. The minimum absolute atomic E-state index is 0.157. The Morgan fingerprint density at radius 2 is 2.00 bits per heavy atom. The minimum Gasteiger partial charge on any atom is -0.508 e. The van der Waals surface area contributed by atoms with E-state index in [2.05, 4.69) is 24.2 Å². The van der Waals surface area contributed by atoms with Gasteiger partial charge >= 0.3 is 6.09 Å². The van der Waals surface area contributed by atoms with Gasteiger partial charge in [0.2, 0.25) is 0 Å². The quantitative estimate of drug-likeness (QED) is 0.916. The molecule has 0 radical (unpaired) electrons. The van der Waals surface area contributed by atoms with Gasteiger partial charge in [-0.3, -0.25) is 0 Å². The van der Waals surface area contributed by atoms with Gasteiger partial charge in [-0.15, -0.1) is 5.10 Å². The zero-order valence-electron chi connectivity index (χ0n) is 13.9. The third-order valence-electron chi connectivity index (χ3n) is 3.45. The van der Waals surface area contributed by atoms with Crippen LogP contribution in [0.5, 0.6) is 11.6 Å². The van der Waals surface area contributed by atoms with E-state index < -0.39 is 6.09 Å². The van der Waals surface area contributed by atoms with Gasteiger partial charge in [0.25, 0.3) is 5.88 Å². The number of carbonyl (C=O) groups excluding carboxylic acids is 1. The number of carbonyl (C=O) groups is 1. The fourth-order valence-corrected chi connectivity index (χ4v) is 1.97. The Hall–Kier alpha value is -2.57. The van der Waals surface area contributed by atoms with Crippen LogP contribution in [0.3, 0.4) is 0 Å². The highest BCUT2D eigenvalue weighted by molar-refractivity contribution is 5.74. The van der Waals surface area contributed by atoms with Crippen molar-refractivity contribution in [1.82, 2.24) is 19.9 Å². The third-order valence-corrected chi connectivity index (χ3v) is 3.45. The first kappa shape index (κ1) is 16.8. The molecule has 1 aromatic carbocycles. The lowest BCUT2D eigenvalue weighted by Gasteiger charge is -2.17. The van der Waals surface area contributed by atoms with Crippen LogP contribution in [0.2, 0.25) is 0 Å². The zero-order valence-corrected chi connectivity index (χ0v) is 13.9. The summed E-state index contributed by atoms with van der Waals surface area (Å²) in [5.41, 5.74) is 1.17. The Labute approximate surface area is 135 Å². The number of phenols is 1. The van der Waals surface area contributed by atoms with E-state index in [1.54, 1.807) is 38.4 Å². The van der Waals surface area contributed by atoms with Crippen LogP contribution in [0.15, 0.2) is 24.3 Å². The monoisotopic (exact) mass is 318 g/mol. The Morgan fingerprint density at radius 1 is 1.35 bits per heavy atom. The Kier molecular flexibility index (Phi) is 5.20. The maximum atomic E-state index is 12.2. The maximum Gasteiger partial charge on any atom is 0.416 e. The maximum absolute atomic E-state index is 12.2. The number of hydrogen-bond acceptors (Lipinski definition) is 5. The van der Waals surface area contributed by atoms with Crippen LogP contribution in [0, 0.1) is 5.92 Å². The van der Waals surface area contributed by atoms with Crippen LogP contribution in [-0.2, 0) is 7.05 Å². The van der Waals surface area contributed by atoms with Crippen molar-refractivity contribution < 1.29 is 14.6 Å². The molecule has 1 aromatic heterocycles. The van der Waals surface area contributed by atoms with Crippen molar-refractivity contribution in [3.8, 4) is 22.9 Å². The molecule has 124 valence electrons. The number of rotatable bonds is 5. The molecule has 0 fully saturated rings. The van der Waals surface area contributed by atoms with E-state index in [1.807, 2.05) is 0 Å². The molecule has 7 heteroatoms. The number of hydrogen-bond donors (Lipinski definition) is 1. The van der Waals surface area contributed by atoms with E-state index in [4.69, 9.17) is 4.74 Å². The van der Waals surface area contributed by atoms with Crippen molar-refractivity contribution in [3.05, 3.63) is 24.3 Å². The Bertz CT molecular complexity index is 664. The number of aromatic hydroxyl groups is 1. The minimum atomic E-state index is -0.448. The summed E-state index contributed by atoms with van der Waals surface area (Å²) in [7, 11) is 3.36. The van der Waals surface area contributed by atoms with Gasteiger partial charge in [-0.2, -0.15) is 0 Å². The van der Waals surface area contributed by atoms with Crippen molar-refractivity contribution in [2.24, 2.45) is 13.0 Å². The predicted octanol–water partition coefficient (Wildman–Crippen LogP) is 2.66. The van der Waals surface area contributed by atoms with Gasteiger partial charge in [0, 0.05) is 26.2 Å². The number of phenolic OH excluding ortho intramolecular Hbond substituents is 1. The topological polar surface area (TPSA) is 80.5 Å². The SMILES string of the molecule is CC(C)CCN(C)C(=O)Oc1c(-c2ccc(O)cc2)nnn1C. The molecule has 0 aliphatic carbocycles. The molecule has 1 N–H and O–H groups in total. The highest BCUT2D eigenvalue weighted by Gasteiger charge is 2.20. The molecule has 1 amide bonds. The summed E-state index contributed by atoms with van der Waals surface area (Å²) in [6, 6.07) is 6.48. The lowest BCUT2D eigenvalue weighted by atomic mass is 10.1. The van der Waals surface area contributed by atoms with Gasteiger partial charge in [0.1, 0.15) is 5.75 Å². The summed E-state index contributed by atoms with van der Waals surface area (Å²) in [6.07, 6.45) is 0.455. The number of amides is 1. The van der Waals surface area contributed by atoms with Crippen molar-refractivity contribution in [2.75, 3.05) is 13.6 Å². The number of benzene rings is 1. The number of aromatic nitrogens is 3. The summed E-state index contributed by atoms with van der Waals surface area (Å²) in [5, 5.41) is 17.3. The average molecular weight is 318 g/mol. The molecular weight excluding hydrogens is 296 g/mol. The van der Waals surface area contributed by atoms with Gasteiger partial charge in [-0.25, -0.2) is 9.48 Å². The van der Waals surface area contributed by atoms with Crippen LogP contribution < -0.4 is 4.74 Å². The summed E-state index contributed by atoms with van der Waals surface area (Å²) < 4.78 is 6.87. The number of aryl methyl sites for hydroxylation is 1. The van der Waals surface area contributed by atoms with Crippen molar-refractivity contribution in [1.29, 1.82) is 0 Å². The molecule has 0 aliphatic rings. The Balaban J connectivity index is 2.15. The van der Waals surface area contributed by atoms with E-state index >= 15 is 0 Å². The van der Waals surface area contributed by atoms with E-state index in [1.165, 1.54) is 9.58 Å². The molecule has 0 bridgehead atoms. The van der Waals surface area contributed by atoms with Gasteiger partial charge in [-0.05, 0) is 36.6 Å². The van der Waals surface area contributed by atoms with Gasteiger partial charge < -0.3 is 14.7 Å². The van der Waals surface area contributed by atoms with Gasteiger partial charge in [0.05, 0.1) is 0 Å². The first-order valence-corrected chi connectivity index (χ1v) is 7.50. The van der Waals surface area contributed by atoms with E-state index in [0.717, 1.165) is 6.42 Å². The van der Waals surface area contributed by atoms with Crippen molar-refractivity contribution in [2.45, 2.75) is 20.3 Å². The van der Waals surface area contributed by atoms with E-state index in [9.17, 15) is 9.90 Å². The summed E-state index contributed by atoms with van der Waals surface area (Å²) in [5.74, 6) is 0.942. The van der Waals surface area contributed by atoms with Crippen molar-refractivity contribution in [3.63, 3.8) is 0 Å². The standard InChI is InChI=1S/C16H22N4O3/c1-11(2)9-10-19(3)16(22)23-15-14(17-18-20(15)4)12-5-7-13(21)8-6-12/h5-8,11,21H,9-10H2,1-4H3. The first-order valence-electron chi connectivity index (χ1n) is 7.50. The molecule has 0 atom stereocenters. The molecule has 23 heavy (non-hydrogen) atoms. The van der Waals surface area contributed by atoms with Crippen LogP contribution in [-0.4, -0.2) is 44.7 Å². The summed E-state index contributed by atoms with van der Waals surface area (Å²) in [4.78, 5) is 13.7. The van der Waals surface area contributed by atoms with Gasteiger partial charge in [0.15, 0.2) is 5.69 Å². The largest absolute Gasteiger partial charge is 0.508 e. The third kappa shape index (κ3) is 4.21. The van der Waals surface area contributed by atoms with Crippen LogP contribution in [0.4, 0.5) is 4.79 Å². The molecule has 0 spiro atoms. The highest BCUT2D eigenvalue weighted by atomic mass is 16.6. The van der Waals surface area contributed by atoms with Crippen LogP contribution >= 0.6 is 0 Å². The molecule has 2 rings (SSSR count). The second-order valence-corrected chi connectivity index (χ2v) is 5.89.